The third kappa shape index (κ3) is 4.75. The van der Waals surface area contributed by atoms with Crippen molar-refractivity contribution in [3.05, 3.63) is 29.8 Å². The fourth-order valence-corrected chi connectivity index (χ4v) is 1.85. The third-order valence-corrected chi connectivity index (χ3v) is 2.66. The highest BCUT2D eigenvalue weighted by atomic mass is 16.1. The average Bonchev–Trinajstić information content (AvgIpc) is 2.28. The van der Waals surface area contributed by atoms with Crippen molar-refractivity contribution in [2.75, 3.05) is 25.0 Å². The third-order valence-electron chi connectivity index (χ3n) is 2.66. The fraction of sp³-hybridized carbons (Fsp3) is 0.500. The van der Waals surface area contributed by atoms with E-state index in [1.165, 1.54) is 5.56 Å². The maximum atomic E-state index is 11.0. The summed E-state index contributed by atoms with van der Waals surface area (Å²) in [5, 5.41) is 3.41. The molecule has 4 nitrogen and oxygen atoms in total. The second-order valence-electron chi connectivity index (χ2n) is 4.98. The van der Waals surface area contributed by atoms with Gasteiger partial charge in [-0.15, -0.1) is 0 Å². The molecule has 0 atom stereocenters. The Morgan fingerprint density at radius 1 is 1.39 bits per heavy atom. The lowest BCUT2D eigenvalue weighted by Crippen LogP contribution is -2.31. The Kier molecular flexibility index (Phi) is 5.65. The summed E-state index contributed by atoms with van der Waals surface area (Å²) in [6, 6.07) is 8.06. The molecular formula is C14H23N3O. The van der Waals surface area contributed by atoms with E-state index in [0.717, 1.165) is 18.8 Å². The van der Waals surface area contributed by atoms with E-state index < -0.39 is 0 Å². The quantitative estimate of drug-likeness (QED) is 0.767. The molecule has 0 fully saturated rings. The molecule has 0 saturated heterocycles. The number of nitrogens with two attached hydrogens (primary N) is 1. The fourth-order valence-electron chi connectivity index (χ4n) is 1.85. The Labute approximate surface area is 109 Å². The first-order valence-corrected chi connectivity index (χ1v) is 6.28. The van der Waals surface area contributed by atoms with Crippen molar-refractivity contribution in [2.24, 2.45) is 11.7 Å². The Morgan fingerprint density at radius 2 is 2.06 bits per heavy atom. The van der Waals surface area contributed by atoms with Crippen molar-refractivity contribution in [3.63, 3.8) is 0 Å². The summed E-state index contributed by atoms with van der Waals surface area (Å²) in [4.78, 5) is 12.8. The first kappa shape index (κ1) is 14.5. The number of hydrogen-bond donors (Lipinski definition) is 2. The average molecular weight is 249 g/mol. The van der Waals surface area contributed by atoms with Gasteiger partial charge in [-0.25, -0.2) is 0 Å². The summed E-state index contributed by atoms with van der Waals surface area (Å²) in [5.74, 6) is 0.308. The summed E-state index contributed by atoms with van der Waals surface area (Å²) in [6.45, 7) is 6.38. The number of rotatable bonds is 7. The topological polar surface area (TPSA) is 58.4 Å². The highest BCUT2D eigenvalue weighted by molar-refractivity contribution is 5.79. The van der Waals surface area contributed by atoms with Gasteiger partial charge < -0.3 is 16.0 Å². The summed E-state index contributed by atoms with van der Waals surface area (Å²) in [6.07, 6.45) is 0. The highest BCUT2D eigenvalue weighted by Gasteiger charge is 2.08. The number of benzene rings is 1. The maximum absolute atomic E-state index is 11.0. The number of nitrogens with zero attached hydrogens (tertiary/aromatic N) is 1. The van der Waals surface area contributed by atoms with Crippen LogP contribution in [-0.2, 0) is 11.3 Å². The molecule has 0 aliphatic carbocycles. The predicted molar refractivity (Wildman–Crippen MR) is 75.5 cm³/mol. The van der Waals surface area contributed by atoms with E-state index in [-0.39, 0.29) is 12.5 Å². The minimum atomic E-state index is -0.317. The van der Waals surface area contributed by atoms with Crippen molar-refractivity contribution in [3.8, 4) is 0 Å². The van der Waals surface area contributed by atoms with Gasteiger partial charge in [0.1, 0.15) is 0 Å². The standard InChI is InChI=1S/C14H23N3O/c1-11(2)8-16-9-12-6-4-5-7-13(12)17(3)10-14(15)18/h4-7,11,16H,8-10H2,1-3H3,(H2,15,18). The number of para-hydroxylation sites is 1. The van der Waals surface area contributed by atoms with E-state index in [2.05, 4.69) is 25.2 Å². The van der Waals surface area contributed by atoms with Crippen LogP contribution >= 0.6 is 0 Å². The van der Waals surface area contributed by atoms with Gasteiger partial charge in [-0.2, -0.15) is 0 Å². The Hall–Kier alpha value is -1.55. The normalized spacial score (nSPS) is 10.7. The van der Waals surface area contributed by atoms with Crippen molar-refractivity contribution < 1.29 is 4.79 Å². The lowest BCUT2D eigenvalue weighted by molar-refractivity contribution is -0.116. The molecule has 0 aliphatic rings. The van der Waals surface area contributed by atoms with Crippen LogP contribution in [0, 0.1) is 5.92 Å². The van der Waals surface area contributed by atoms with E-state index in [4.69, 9.17) is 5.73 Å². The van der Waals surface area contributed by atoms with Crippen LogP contribution in [0.5, 0.6) is 0 Å². The minimum Gasteiger partial charge on any atom is -0.368 e. The van der Waals surface area contributed by atoms with Crippen LogP contribution in [0.3, 0.4) is 0 Å². The van der Waals surface area contributed by atoms with Crippen LogP contribution in [0.1, 0.15) is 19.4 Å². The first-order valence-electron chi connectivity index (χ1n) is 6.28. The summed E-state index contributed by atoms with van der Waals surface area (Å²) in [5.41, 5.74) is 7.46. The van der Waals surface area contributed by atoms with Gasteiger partial charge >= 0.3 is 0 Å². The van der Waals surface area contributed by atoms with Gasteiger partial charge in [-0.05, 0) is 24.1 Å². The molecule has 1 aromatic rings. The van der Waals surface area contributed by atoms with Crippen molar-refractivity contribution in [2.45, 2.75) is 20.4 Å². The summed E-state index contributed by atoms with van der Waals surface area (Å²) >= 11 is 0. The van der Waals surface area contributed by atoms with Gasteiger partial charge in [0, 0.05) is 19.3 Å². The molecular weight excluding hydrogens is 226 g/mol. The molecule has 0 bridgehead atoms. The zero-order chi connectivity index (χ0) is 13.5. The van der Waals surface area contributed by atoms with Gasteiger partial charge in [0.05, 0.1) is 6.54 Å². The number of amides is 1. The molecule has 4 heteroatoms. The van der Waals surface area contributed by atoms with E-state index in [1.54, 1.807) is 0 Å². The lowest BCUT2D eigenvalue weighted by atomic mass is 10.1. The summed E-state index contributed by atoms with van der Waals surface area (Å²) < 4.78 is 0. The SMILES string of the molecule is CC(C)CNCc1ccccc1N(C)CC(N)=O. The van der Waals surface area contributed by atoms with Gasteiger partial charge in [-0.3, -0.25) is 4.79 Å². The van der Waals surface area contributed by atoms with Crippen LogP contribution in [-0.4, -0.2) is 26.0 Å². The highest BCUT2D eigenvalue weighted by Crippen LogP contribution is 2.18. The number of hydrogen-bond acceptors (Lipinski definition) is 3. The molecule has 0 heterocycles. The molecule has 0 aliphatic heterocycles. The Morgan fingerprint density at radius 3 is 2.67 bits per heavy atom. The lowest BCUT2D eigenvalue weighted by Gasteiger charge is -2.21. The Balaban J connectivity index is 2.69. The number of anilines is 1. The van der Waals surface area contributed by atoms with Crippen LogP contribution in [0.15, 0.2) is 24.3 Å². The molecule has 1 aromatic carbocycles. The van der Waals surface area contributed by atoms with Crippen molar-refractivity contribution in [1.82, 2.24) is 5.32 Å². The monoisotopic (exact) mass is 249 g/mol. The van der Waals surface area contributed by atoms with E-state index in [0.29, 0.717) is 5.92 Å². The number of nitrogens with one attached hydrogen (secondary N) is 1. The van der Waals surface area contributed by atoms with Crippen LogP contribution < -0.4 is 16.0 Å². The number of primary amides is 1. The van der Waals surface area contributed by atoms with Crippen LogP contribution in [0.25, 0.3) is 0 Å². The zero-order valence-corrected chi connectivity index (χ0v) is 11.4. The minimum absolute atomic E-state index is 0.237. The molecule has 1 rings (SSSR count). The second-order valence-corrected chi connectivity index (χ2v) is 4.98. The summed E-state index contributed by atoms with van der Waals surface area (Å²) in [7, 11) is 1.88. The van der Waals surface area contributed by atoms with Gasteiger partial charge in [0.2, 0.25) is 5.91 Å². The molecule has 0 aromatic heterocycles. The van der Waals surface area contributed by atoms with Gasteiger partial charge in [-0.1, -0.05) is 32.0 Å². The maximum Gasteiger partial charge on any atom is 0.236 e. The van der Waals surface area contributed by atoms with E-state index >= 15 is 0 Å². The smallest absolute Gasteiger partial charge is 0.236 e. The van der Waals surface area contributed by atoms with Crippen LogP contribution in [0.4, 0.5) is 5.69 Å². The molecule has 18 heavy (non-hydrogen) atoms. The van der Waals surface area contributed by atoms with E-state index in [9.17, 15) is 4.79 Å². The van der Waals surface area contributed by atoms with Crippen molar-refractivity contribution >= 4 is 11.6 Å². The molecule has 0 spiro atoms. The molecule has 0 radical (unpaired) electrons. The molecule has 0 unspecified atom stereocenters. The van der Waals surface area contributed by atoms with Crippen molar-refractivity contribution in [1.29, 1.82) is 0 Å². The van der Waals surface area contributed by atoms with E-state index in [1.807, 2.05) is 30.1 Å². The molecule has 0 saturated carbocycles. The Bertz CT molecular complexity index is 390. The zero-order valence-electron chi connectivity index (χ0n) is 11.4. The second kappa shape index (κ2) is 7.01. The van der Waals surface area contributed by atoms with Gasteiger partial charge in [0.15, 0.2) is 0 Å². The van der Waals surface area contributed by atoms with Gasteiger partial charge in [0.25, 0.3) is 0 Å². The number of carbonyl (C=O) groups is 1. The number of carbonyl (C=O) groups excluding carboxylic acids is 1. The first-order chi connectivity index (χ1) is 8.50. The largest absolute Gasteiger partial charge is 0.368 e. The predicted octanol–water partition coefficient (Wildman–Crippen LogP) is 1.35. The molecule has 100 valence electrons. The molecule has 1 amide bonds. The number of likely N-dealkylation sites (N-methyl/N-ethyl adjacent to an activating group) is 1. The molecule has 3 N–H and O–H groups in total. The van der Waals surface area contributed by atoms with Crippen LogP contribution in [0.2, 0.25) is 0 Å².